The lowest BCUT2D eigenvalue weighted by atomic mass is 10.1. The van der Waals surface area contributed by atoms with E-state index in [2.05, 4.69) is 5.32 Å². The molecule has 0 spiro atoms. The summed E-state index contributed by atoms with van der Waals surface area (Å²) >= 11 is 31.0. The molecule has 2 amide bonds. The van der Waals surface area contributed by atoms with Crippen LogP contribution in [0.2, 0.25) is 15.1 Å². The lowest BCUT2D eigenvalue weighted by Crippen LogP contribution is -2.27. The summed E-state index contributed by atoms with van der Waals surface area (Å²) in [5, 5.41) is 3.27. The van der Waals surface area contributed by atoms with Crippen molar-refractivity contribution in [2.75, 3.05) is 17.3 Å². The van der Waals surface area contributed by atoms with E-state index < -0.39 is 33.8 Å². The fourth-order valence-electron chi connectivity index (χ4n) is 3.76. The maximum atomic E-state index is 14.5. The van der Waals surface area contributed by atoms with Crippen molar-refractivity contribution in [1.29, 1.82) is 0 Å². The summed E-state index contributed by atoms with van der Waals surface area (Å²) in [5.74, 6) is -3.21. The van der Waals surface area contributed by atoms with Crippen LogP contribution < -0.4 is 10.2 Å². The summed E-state index contributed by atoms with van der Waals surface area (Å²) < 4.78 is 13.1. The second-order valence-electron chi connectivity index (χ2n) is 7.81. The summed E-state index contributed by atoms with van der Waals surface area (Å²) in [7, 11) is 1.54. The Morgan fingerprint density at radius 2 is 1.59 bits per heavy atom. The molecule has 0 heterocycles. The van der Waals surface area contributed by atoms with Crippen LogP contribution in [0.5, 0.6) is 0 Å². The van der Waals surface area contributed by atoms with Crippen LogP contribution >= 0.6 is 58.0 Å². The van der Waals surface area contributed by atoms with Crippen LogP contribution in [0.4, 0.5) is 15.8 Å². The Bertz CT molecular complexity index is 1260. The average Bonchev–Trinajstić information content (AvgIpc) is 3.40. The molecule has 4 rings (SSSR count). The van der Waals surface area contributed by atoms with Crippen molar-refractivity contribution in [2.24, 2.45) is 5.92 Å². The Hall–Kier alpha value is -2.02. The van der Waals surface area contributed by atoms with E-state index in [1.54, 1.807) is 36.4 Å². The van der Waals surface area contributed by atoms with Gasteiger partial charge in [0.1, 0.15) is 10.2 Å². The molecule has 1 aliphatic rings. The molecule has 3 aromatic rings. The minimum Gasteiger partial charge on any atom is -0.326 e. The van der Waals surface area contributed by atoms with E-state index in [0.717, 1.165) is 6.07 Å². The third-order valence-electron chi connectivity index (χ3n) is 5.61. The molecule has 1 aliphatic carbocycles. The molecule has 0 bridgehead atoms. The molecular weight excluding hydrogens is 545 g/mol. The zero-order valence-corrected chi connectivity index (χ0v) is 21.2. The minimum atomic E-state index is -1.41. The minimum absolute atomic E-state index is 0.187. The summed E-state index contributed by atoms with van der Waals surface area (Å²) in [4.78, 5) is 27.2. The molecule has 1 fully saturated rings. The van der Waals surface area contributed by atoms with Gasteiger partial charge < -0.3 is 10.2 Å². The number of halogens is 6. The standard InChI is InChI=1S/C24H16Cl5FN2O2/c1-32(14-5-3-2-4-6-14)23(34)15-11-13(7-8-18(15)30)31-22(33)20-19(24(20,28)29)12-9-16(25)21(27)17(26)10-12/h2-11,19-20H,1H3,(H,31,33)/t19-,20+/m1/s1. The van der Waals surface area contributed by atoms with Crippen LogP contribution in [0.1, 0.15) is 21.8 Å². The Morgan fingerprint density at radius 3 is 2.21 bits per heavy atom. The van der Waals surface area contributed by atoms with Gasteiger partial charge in [0.05, 0.1) is 26.5 Å². The van der Waals surface area contributed by atoms with Gasteiger partial charge >= 0.3 is 0 Å². The molecule has 0 aliphatic heterocycles. The summed E-state index contributed by atoms with van der Waals surface area (Å²) in [5.41, 5.74) is 1.18. The maximum absolute atomic E-state index is 14.5. The van der Waals surface area contributed by atoms with E-state index in [9.17, 15) is 14.0 Å². The molecule has 4 nitrogen and oxygen atoms in total. The van der Waals surface area contributed by atoms with Crippen molar-refractivity contribution in [2.45, 2.75) is 10.3 Å². The van der Waals surface area contributed by atoms with E-state index >= 15 is 0 Å². The lowest BCUT2D eigenvalue weighted by Gasteiger charge is -2.18. The first kappa shape index (κ1) is 25.1. The average molecular weight is 561 g/mol. The van der Waals surface area contributed by atoms with E-state index in [1.807, 2.05) is 6.07 Å². The van der Waals surface area contributed by atoms with Crippen LogP contribution in [0.3, 0.4) is 0 Å². The Kier molecular flexibility index (Phi) is 7.05. The molecule has 176 valence electrons. The summed E-state index contributed by atoms with van der Waals surface area (Å²) in [6, 6.07) is 15.6. The van der Waals surface area contributed by atoms with Crippen LogP contribution in [0.25, 0.3) is 0 Å². The molecule has 2 atom stereocenters. The van der Waals surface area contributed by atoms with Gasteiger partial charge in [0, 0.05) is 24.3 Å². The zero-order chi connectivity index (χ0) is 24.8. The van der Waals surface area contributed by atoms with Crippen molar-refractivity contribution in [3.05, 3.63) is 92.7 Å². The topological polar surface area (TPSA) is 49.4 Å². The van der Waals surface area contributed by atoms with Gasteiger partial charge in [0.2, 0.25) is 5.91 Å². The number of carbonyl (C=O) groups excluding carboxylic acids is 2. The maximum Gasteiger partial charge on any atom is 0.261 e. The third kappa shape index (κ3) is 4.73. The molecule has 0 saturated heterocycles. The molecule has 34 heavy (non-hydrogen) atoms. The Balaban J connectivity index is 1.54. The van der Waals surface area contributed by atoms with Gasteiger partial charge in [-0.1, -0.05) is 53.0 Å². The second-order valence-corrected chi connectivity index (χ2v) is 10.4. The van der Waals surface area contributed by atoms with Crippen molar-refractivity contribution in [3.63, 3.8) is 0 Å². The molecule has 0 aromatic heterocycles. The van der Waals surface area contributed by atoms with Gasteiger partial charge in [-0.15, -0.1) is 23.2 Å². The number of anilines is 2. The van der Waals surface area contributed by atoms with Gasteiger partial charge in [-0.05, 0) is 48.0 Å². The second kappa shape index (κ2) is 9.56. The monoisotopic (exact) mass is 558 g/mol. The van der Waals surface area contributed by atoms with Crippen molar-refractivity contribution < 1.29 is 14.0 Å². The first-order valence-electron chi connectivity index (χ1n) is 9.98. The number of benzene rings is 3. The highest BCUT2D eigenvalue weighted by Gasteiger charge is 2.67. The predicted molar refractivity (Wildman–Crippen MR) is 136 cm³/mol. The number of carbonyl (C=O) groups is 2. The predicted octanol–water partition coefficient (Wildman–Crippen LogP) is 7.59. The third-order valence-corrected chi connectivity index (χ3v) is 7.75. The van der Waals surface area contributed by atoms with Gasteiger partial charge in [-0.25, -0.2) is 4.39 Å². The number of hydrogen-bond donors (Lipinski definition) is 1. The summed E-state index contributed by atoms with van der Waals surface area (Å²) in [6.45, 7) is 0. The molecule has 10 heteroatoms. The van der Waals surface area contributed by atoms with Gasteiger partial charge in [-0.2, -0.15) is 0 Å². The number of alkyl halides is 2. The number of nitrogens with zero attached hydrogens (tertiary/aromatic N) is 1. The largest absolute Gasteiger partial charge is 0.326 e. The first-order chi connectivity index (χ1) is 16.0. The quantitative estimate of drug-likeness (QED) is 0.258. The number of nitrogens with one attached hydrogen (secondary N) is 1. The SMILES string of the molecule is CN(C(=O)c1cc(NC(=O)[C@@H]2[C@@H](c3cc(Cl)c(Cl)c(Cl)c3)C2(Cl)Cl)ccc1F)c1ccccc1. The smallest absolute Gasteiger partial charge is 0.261 e. The van der Waals surface area contributed by atoms with E-state index in [-0.39, 0.29) is 26.3 Å². The zero-order valence-electron chi connectivity index (χ0n) is 17.5. The fourth-order valence-corrected chi connectivity index (χ4v) is 5.20. The van der Waals surface area contributed by atoms with Gasteiger partial charge in [0.25, 0.3) is 5.91 Å². The number of amides is 2. The molecule has 3 aromatic carbocycles. The van der Waals surface area contributed by atoms with E-state index in [1.165, 1.54) is 24.1 Å². The van der Waals surface area contributed by atoms with Gasteiger partial charge in [-0.3, -0.25) is 9.59 Å². The highest BCUT2D eigenvalue weighted by molar-refractivity contribution is 6.54. The molecule has 1 saturated carbocycles. The Labute approximate surface area is 220 Å². The Morgan fingerprint density at radius 1 is 0.971 bits per heavy atom. The lowest BCUT2D eigenvalue weighted by molar-refractivity contribution is -0.117. The highest BCUT2D eigenvalue weighted by Crippen LogP contribution is 2.65. The van der Waals surface area contributed by atoms with E-state index in [4.69, 9.17) is 58.0 Å². The number of rotatable bonds is 5. The fraction of sp³-hybridized carbons (Fsp3) is 0.167. The van der Waals surface area contributed by atoms with Crippen LogP contribution in [-0.2, 0) is 4.79 Å². The molecule has 0 unspecified atom stereocenters. The first-order valence-corrected chi connectivity index (χ1v) is 11.9. The number of para-hydroxylation sites is 1. The van der Waals surface area contributed by atoms with E-state index in [0.29, 0.717) is 11.3 Å². The highest BCUT2D eigenvalue weighted by atomic mass is 35.5. The van der Waals surface area contributed by atoms with Gasteiger partial charge in [0.15, 0.2) is 0 Å². The normalized spacial score (nSPS) is 18.3. The van der Waals surface area contributed by atoms with Crippen LogP contribution in [0.15, 0.2) is 60.7 Å². The van der Waals surface area contributed by atoms with Crippen LogP contribution in [-0.4, -0.2) is 23.2 Å². The van der Waals surface area contributed by atoms with Crippen molar-refractivity contribution in [1.82, 2.24) is 0 Å². The molecule has 1 N–H and O–H groups in total. The van der Waals surface area contributed by atoms with Crippen molar-refractivity contribution >= 4 is 81.2 Å². The summed E-state index contributed by atoms with van der Waals surface area (Å²) in [6.07, 6.45) is 0. The van der Waals surface area contributed by atoms with Crippen molar-refractivity contribution in [3.8, 4) is 0 Å². The van der Waals surface area contributed by atoms with Crippen LogP contribution in [0, 0.1) is 11.7 Å². The molecular formula is C24H16Cl5FN2O2. The number of hydrogen-bond acceptors (Lipinski definition) is 2. The molecule has 0 radical (unpaired) electrons.